The van der Waals surface area contributed by atoms with Crippen molar-refractivity contribution in [2.75, 3.05) is 39.4 Å². The van der Waals surface area contributed by atoms with Crippen LogP contribution in [-0.2, 0) is 9.53 Å². The predicted octanol–water partition coefficient (Wildman–Crippen LogP) is 1.75. The summed E-state index contributed by atoms with van der Waals surface area (Å²) in [5.74, 6) is -0.860. The lowest BCUT2D eigenvalue weighted by molar-refractivity contribution is -0.120. The van der Waals surface area contributed by atoms with E-state index in [9.17, 15) is 14.0 Å². The molecule has 6 nitrogen and oxygen atoms in total. The Hall–Kier alpha value is -2.77. The van der Waals surface area contributed by atoms with Gasteiger partial charge in [0.15, 0.2) is 0 Å². The Morgan fingerprint density at radius 1 is 1.00 bits per heavy atom. The van der Waals surface area contributed by atoms with Crippen LogP contribution in [0.1, 0.15) is 22.0 Å². The summed E-state index contributed by atoms with van der Waals surface area (Å²) in [5.41, 5.74) is 1.43. The molecule has 0 saturated carbocycles. The molecule has 0 aromatic heterocycles. The van der Waals surface area contributed by atoms with Crippen LogP contribution in [0.4, 0.5) is 4.39 Å². The number of carbonyl (C=O) groups excluding carboxylic acids is 2. The molecule has 0 radical (unpaired) electrons. The normalized spacial score (nSPS) is 15.6. The van der Waals surface area contributed by atoms with E-state index in [1.807, 2.05) is 6.07 Å². The zero-order chi connectivity index (χ0) is 19.8. The molecule has 1 aliphatic heterocycles. The van der Waals surface area contributed by atoms with Crippen LogP contribution in [0.25, 0.3) is 0 Å². The number of ether oxygens (including phenoxy) is 1. The van der Waals surface area contributed by atoms with Crippen LogP contribution >= 0.6 is 0 Å². The summed E-state index contributed by atoms with van der Waals surface area (Å²) in [4.78, 5) is 26.5. The van der Waals surface area contributed by atoms with Crippen molar-refractivity contribution in [1.29, 1.82) is 0 Å². The van der Waals surface area contributed by atoms with Crippen LogP contribution < -0.4 is 10.6 Å². The molecule has 2 amide bonds. The van der Waals surface area contributed by atoms with Crippen molar-refractivity contribution in [3.05, 3.63) is 71.5 Å². The minimum atomic E-state index is -0.294. The van der Waals surface area contributed by atoms with E-state index >= 15 is 0 Å². The average Bonchev–Trinajstić information content (AvgIpc) is 2.75. The molecule has 28 heavy (non-hydrogen) atoms. The number of amides is 2. The SMILES string of the molecule is O=C(CNC(=O)c1ccccc1)NCC(c1ccc(F)cc1)N1CCOCC1. The van der Waals surface area contributed by atoms with E-state index < -0.39 is 0 Å². The minimum absolute atomic E-state index is 0.0849. The van der Waals surface area contributed by atoms with Crippen LogP contribution in [0.2, 0.25) is 0 Å². The summed E-state index contributed by atoms with van der Waals surface area (Å²) in [6, 6.07) is 15.0. The third kappa shape index (κ3) is 5.61. The van der Waals surface area contributed by atoms with Crippen molar-refractivity contribution in [2.24, 2.45) is 0 Å². The first-order valence-electron chi connectivity index (χ1n) is 9.30. The molecule has 1 unspecified atom stereocenters. The summed E-state index contributed by atoms with van der Waals surface area (Å²) in [5, 5.41) is 5.49. The highest BCUT2D eigenvalue weighted by Crippen LogP contribution is 2.21. The lowest BCUT2D eigenvalue weighted by Crippen LogP contribution is -2.45. The van der Waals surface area contributed by atoms with Crippen molar-refractivity contribution in [1.82, 2.24) is 15.5 Å². The van der Waals surface area contributed by atoms with Crippen molar-refractivity contribution >= 4 is 11.8 Å². The molecule has 2 N–H and O–H groups in total. The summed E-state index contributed by atoms with van der Waals surface area (Å²) in [6.07, 6.45) is 0. The molecular weight excluding hydrogens is 361 g/mol. The summed E-state index contributed by atoms with van der Waals surface area (Å²) < 4.78 is 18.7. The zero-order valence-electron chi connectivity index (χ0n) is 15.6. The predicted molar refractivity (Wildman–Crippen MR) is 103 cm³/mol. The number of nitrogens with one attached hydrogen (secondary N) is 2. The Morgan fingerprint density at radius 3 is 2.36 bits per heavy atom. The van der Waals surface area contributed by atoms with Gasteiger partial charge in [0.1, 0.15) is 5.82 Å². The second-order valence-corrected chi connectivity index (χ2v) is 6.57. The van der Waals surface area contributed by atoms with Gasteiger partial charge in [-0.25, -0.2) is 4.39 Å². The van der Waals surface area contributed by atoms with Crippen molar-refractivity contribution in [3.63, 3.8) is 0 Å². The van der Waals surface area contributed by atoms with Gasteiger partial charge in [0.25, 0.3) is 5.91 Å². The fourth-order valence-electron chi connectivity index (χ4n) is 3.16. The maximum Gasteiger partial charge on any atom is 0.251 e. The molecule has 1 atom stereocenters. The average molecular weight is 385 g/mol. The molecule has 0 bridgehead atoms. The first-order valence-corrected chi connectivity index (χ1v) is 9.30. The molecule has 1 fully saturated rings. The molecule has 2 aromatic rings. The lowest BCUT2D eigenvalue weighted by Gasteiger charge is -2.35. The number of halogens is 1. The van der Waals surface area contributed by atoms with E-state index in [4.69, 9.17) is 4.74 Å². The Kier molecular flexibility index (Phi) is 7.11. The van der Waals surface area contributed by atoms with E-state index in [2.05, 4.69) is 15.5 Å². The molecule has 1 heterocycles. The first kappa shape index (κ1) is 20.0. The molecule has 0 spiro atoms. The van der Waals surface area contributed by atoms with Gasteiger partial charge in [-0.15, -0.1) is 0 Å². The molecule has 7 heteroatoms. The second kappa shape index (κ2) is 9.96. The molecule has 1 aliphatic rings. The van der Waals surface area contributed by atoms with Gasteiger partial charge in [-0.2, -0.15) is 0 Å². The van der Waals surface area contributed by atoms with E-state index in [0.717, 1.165) is 18.7 Å². The first-order chi connectivity index (χ1) is 13.6. The summed E-state index contributed by atoms with van der Waals surface area (Å²) in [6.45, 7) is 2.99. The molecule has 0 aliphatic carbocycles. The van der Waals surface area contributed by atoms with Gasteiger partial charge in [-0.3, -0.25) is 14.5 Å². The lowest BCUT2D eigenvalue weighted by atomic mass is 10.0. The van der Waals surface area contributed by atoms with E-state index in [1.165, 1.54) is 12.1 Å². The minimum Gasteiger partial charge on any atom is -0.379 e. The van der Waals surface area contributed by atoms with Crippen molar-refractivity contribution in [2.45, 2.75) is 6.04 Å². The second-order valence-electron chi connectivity index (χ2n) is 6.57. The Bertz CT molecular complexity index is 777. The number of nitrogens with zero attached hydrogens (tertiary/aromatic N) is 1. The number of rotatable bonds is 7. The van der Waals surface area contributed by atoms with Gasteiger partial charge in [0.2, 0.25) is 5.91 Å². The Morgan fingerprint density at radius 2 is 1.68 bits per heavy atom. The zero-order valence-corrected chi connectivity index (χ0v) is 15.6. The fraction of sp³-hybridized carbons (Fsp3) is 0.333. The maximum absolute atomic E-state index is 13.3. The monoisotopic (exact) mass is 385 g/mol. The van der Waals surface area contributed by atoms with Gasteiger partial charge in [0, 0.05) is 25.2 Å². The maximum atomic E-state index is 13.3. The molecule has 3 rings (SSSR count). The standard InChI is InChI=1S/C21H24FN3O3/c22-18-8-6-16(7-9-18)19(25-10-12-28-13-11-25)14-23-20(26)15-24-21(27)17-4-2-1-3-5-17/h1-9,19H,10-15H2,(H,23,26)(H,24,27). The third-order valence-corrected chi connectivity index (χ3v) is 4.68. The van der Waals surface area contributed by atoms with E-state index in [0.29, 0.717) is 25.3 Å². The smallest absolute Gasteiger partial charge is 0.251 e. The largest absolute Gasteiger partial charge is 0.379 e. The number of carbonyl (C=O) groups is 2. The van der Waals surface area contributed by atoms with E-state index in [1.54, 1.807) is 36.4 Å². The van der Waals surface area contributed by atoms with Crippen LogP contribution in [0.3, 0.4) is 0 Å². The van der Waals surface area contributed by atoms with Gasteiger partial charge < -0.3 is 15.4 Å². The molecule has 2 aromatic carbocycles. The highest BCUT2D eigenvalue weighted by molar-refractivity contribution is 5.96. The molecular formula is C21H24FN3O3. The van der Waals surface area contributed by atoms with Gasteiger partial charge in [0.05, 0.1) is 25.8 Å². The quantitative estimate of drug-likeness (QED) is 0.762. The topological polar surface area (TPSA) is 70.7 Å². The number of hydrogen-bond acceptors (Lipinski definition) is 4. The highest BCUT2D eigenvalue weighted by atomic mass is 19.1. The Balaban J connectivity index is 1.55. The van der Waals surface area contributed by atoms with Gasteiger partial charge >= 0.3 is 0 Å². The van der Waals surface area contributed by atoms with E-state index in [-0.39, 0.29) is 30.2 Å². The third-order valence-electron chi connectivity index (χ3n) is 4.68. The van der Waals surface area contributed by atoms with Crippen LogP contribution in [0, 0.1) is 5.82 Å². The highest BCUT2D eigenvalue weighted by Gasteiger charge is 2.23. The number of morpholine rings is 1. The van der Waals surface area contributed by atoms with Crippen LogP contribution in [0.15, 0.2) is 54.6 Å². The van der Waals surface area contributed by atoms with Crippen molar-refractivity contribution < 1.29 is 18.7 Å². The van der Waals surface area contributed by atoms with Crippen LogP contribution in [-0.4, -0.2) is 56.1 Å². The number of benzene rings is 2. The molecule has 1 saturated heterocycles. The van der Waals surface area contributed by atoms with Crippen molar-refractivity contribution in [3.8, 4) is 0 Å². The van der Waals surface area contributed by atoms with Crippen LogP contribution in [0.5, 0.6) is 0 Å². The summed E-state index contributed by atoms with van der Waals surface area (Å²) >= 11 is 0. The van der Waals surface area contributed by atoms with Gasteiger partial charge in [-0.05, 0) is 29.8 Å². The number of hydrogen-bond donors (Lipinski definition) is 2. The fourth-order valence-corrected chi connectivity index (χ4v) is 3.16. The molecule has 148 valence electrons. The summed E-state index contributed by atoms with van der Waals surface area (Å²) in [7, 11) is 0. The van der Waals surface area contributed by atoms with Gasteiger partial charge in [-0.1, -0.05) is 30.3 Å². The Labute approximate surface area is 163 Å².